The number of benzene rings is 2. The number of hydrogen-bond donors (Lipinski definition) is 0. The molecule has 3 radical (unpaired) electrons. The van der Waals surface area contributed by atoms with Crippen molar-refractivity contribution in [2.75, 3.05) is 6.61 Å². The highest BCUT2D eigenvalue weighted by Gasteiger charge is 2.28. The van der Waals surface area contributed by atoms with E-state index in [4.69, 9.17) is 9.53 Å². The molecular formula is C22H23O5. The molecule has 1 aliphatic carbocycles. The highest BCUT2D eigenvalue weighted by molar-refractivity contribution is 5.78. The molecule has 0 N–H and O–H groups in total. The fourth-order valence-electron chi connectivity index (χ4n) is 2.68. The standard InChI is InChI=1S/C15H11O2.C5H9O2.C2H3O/c16-10-17-9-15-13-7-3-1-5-11(13)12-6-2-4-8-14(12)15;1-5(2,3)7-4-6;1-2-3/h1-8,15H,9H2;1-3H3;1H3. The van der Waals surface area contributed by atoms with Crippen LogP contribution in [0.2, 0.25) is 0 Å². The van der Waals surface area contributed by atoms with E-state index < -0.39 is 0 Å². The van der Waals surface area contributed by atoms with Gasteiger partial charge in [-0.15, -0.1) is 0 Å². The van der Waals surface area contributed by atoms with Crippen LogP contribution in [0.5, 0.6) is 0 Å². The summed E-state index contributed by atoms with van der Waals surface area (Å²) in [5, 5.41) is 0. The highest BCUT2D eigenvalue weighted by atomic mass is 16.5. The topological polar surface area (TPSA) is 69.7 Å². The van der Waals surface area contributed by atoms with Crippen molar-refractivity contribution < 1.29 is 23.9 Å². The molecule has 0 saturated heterocycles. The van der Waals surface area contributed by atoms with Crippen molar-refractivity contribution in [3.63, 3.8) is 0 Å². The zero-order chi connectivity index (χ0) is 20.3. The van der Waals surface area contributed by atoms with Crippen LogP contribution >= 0.6 is 0 Å². The highest BCUT2D eigenvalue weighted by Crippen LogP contribution is 2.44. The quantitative estimate of drug-likeness (QED) is 0.820. The molecule has 0 heterocycles. The van der Waals surface area contributed by atoms with Gasteiger partial charge in [0.2, 0.25) is 0 Å². The Morgan fingerprint density at radius 2 is 1.30 bits per heavy atom. The third-order valence-electron chi connectivity index (χ3n) is 3.62. The van der Waals surface area contributed by atoms with E-state index >= 15 is 0 Å². The molecule has 5 heteroatoms. The second kappa shape index (κ2) is 10.9. The fraction of sp³-hybridized carbons (Fsp3) is 0.318. The molecule has 141 valence electrons. The molecule has 5 nitrogen and oxygen atoms in total. The van der Waals surface area contributed by atoms with Gasteiger partial charge in [-0.2, -0.15) is 0 Å². The molecule has 1 aliphatic rings. The minimum atomic E-state index is -0.373. The first kappa shape index (κ1) is 22.1. The van der Waals surface area contributed by atoms with Crippen LogP contribution < -0.4 is 0 Å². The normalized spacial score (nSPS) is 11.4. The van der Waals surface area contributed by atoms with Crippen LogP contribution in [0.1, 0.15) is 44.7 Å². The maximum Gasteiger partial charge on any atom is 0.418 e. The Kier molecular flexibility index (Phi) is 8.93. The summed E-state index contributed by atoms with van der Waals surface area (Å²) in [4.78, 5) is 28.4. The minimum Gasteiger partial charge on any atom is -0.456 e. The smallest absolute Gasteiger partial charge is 0.418 e. The molecule has 2 aromatic rings. The van der Waals surface area contributed by atoms with E-state index in [9.17, 15) is 9.59 Å². The number of rotatable bonds is 4. The van der Waals surface area contributed by atoms with Crippen molar-refractivity contribution >= 4 is 19.2 Å². The summed E-state index contributed by atoms with van der Waals surface area (Å²) in [6.07, 6.45) is 1.50. The predicted octanol–water partition coefficient (Wildman–Crippen LogP) is 3.87. The maximum atomic E-state index is 10.2. The summed E-state index contributed by atoms with van der Waals surface area (Å²) < 4.78 is 9.25. The lowest BCUT2D eigenvalue weighted by atomic mass is 9.98. The molecule has 0 aliphatic heterocycles. The molecule has 0 fully saturated rings. The third-order valence-corrected chi connectivity index (χ3v) is 3.62. The van der Waals surface area contributed by atoms with Crippen molar-refractivity contribution in [1.82, 2.24) is 0 Å². The lowest BCUT2D eigenvalue weighted by molar-refractivity contribution is 0.109. The Morgan fingerprint density at radius 1 is 0.852 bits per heavy atom. The molecule has 0 amide bonds. The predicted molar refractivity (Wildman–Crippen MR) is 103 cm³/mol. The van der Waals surface area contributed by atoms with Crippen molar-refractivity contribution in [1.29, 1.82) is 0 Å². The Balaban J connectivity index is 0.000000308. The van der Waals surface area contributed by atoms with E-state index in [1.54, 1.807) is 20.8 Å². The molecule has 2 aromatic carbocycles. The third kappa shape index (κ3) is 6.70. The lowest BCUT2D eigenvalue weighted by Crippen LogP contribution is -2.17. The molecule has 0 aromatic heterocycles. The van der Waals surface area contributed by atoms with Gasteiger partial charge in [-0.05, 0) is 43.0 Å². The van der Waals surface area contributed by atoms with Gasteiger partial charge in [0.15, 0.2) is 6.29 Å². The molecule has 0 saturated carbocycles. The first-order chi connectivity index (χ1) is 12.9. The Morgan fingerprint density at radius 3 is 1.63 bits per heavy atom. The van der Waals surface area contributed by atoms with Gasteiger partial charge in [0.05, 0.1) is 0 Å². The van der Waals surface area contributed by atoms with Gasteiger partial charge in [0, 0.05) is 12.8 Å². The van der Waals surface area contributed by atoms with E-state index in [0.717, 1.165) is 0 Å². The summed E-state index contributed by atoms with van der Waals surface area (Å²) in [5.41, 5.74) is 4.56. The Labute approximate surface area is 160 Å². The average molecular weight is 367 g/mol. The van der Waals surface area contributed by atoms with Gasteiger partial charge in [0.25, 0.3) is 0 Å². The summed E-state index contributed by atoms with van der Waals surface area (Å²) >= 11 is 0. The summed E-state index contributed by atoms with van der Waals surface area (Å²) in [6, 6.07) is 16.5. The Hall–Kier alpha value is -2.95. The number of fused-ring (bicyclic) bond motifs is 3. The number of ether oxygens (including phenoxy) is 2. The lowest BCUT2D eigenvalue weighted by Gasteiger charge is -2.13. The fourth-order valence-corrected chi connectivity index (χ4v) is 2.68. The molecule has 0 spiro atoms. The summed E-state index contributed by atoms with van der Waals surface area (Å²) in [5.74, 6) is 0.142. The van der Waals surface area contributed by atoms with Crippen molar-refractivity contribution in [2.24, 2.45) is 0 Å². The van der Waals surface area contributed by atoms with Crippen LogP contribution in [0.3, 0.4) is 0 Å². The Bertz CT molecular complexity index is 701. The first-order valence-corrected chi connectivity index (χ1v) is 8.40. The zero-order valence-corrected chi connectivity index (χ0v) is 15.9. The second-order valence-electron chi connectivity index (χ2n) is 6.62. The molecule has 0 unspecified atom stereocenters. The SMILES string of the molecule is CC(C)(C)O[C]=O.C[C]=O.O=[C]OCC1c2ccccc2-c2ccccc21. The number of hydrogen-bond acceptors (Lipinski definition) is 5. The summed E-state index contributed by atoms with van der Waals surface area (Å²) in [7, 11) is 0. The molecule has 0 bridgehead atoms. The van der Waals surface area contributed by atoms with E-state index in [2.05, 4.69) is 29.0 Å². The van der Waals surface area contributed by atoms with E-state index in [-0.39, 0.29) is 11.5 Å². The second-order valence-corrected chi connectivity index (χ2v) is 6.62. The molecule has 0 atom stereocenters. The first-order valence-electron chi connectivity index (χ1n) is 8.40. The van der Waals surface area contributed by atoms with Gasteiger partial charge >= 0.3 is 12.9 Å². The molecular weight excluding hydrogens is 344 g/mol. The van der Waals surface area contributed by atoms with Crippen LogP contribution in [-0.2, 0) is 23.9 Å². The van der Waals surface area contributed by atoms with Crippen LogP contribution in [-0.4, -0.2) is 31.4 Å². The van der Waals surface area contributed by atoms with Crippen LogP contribution in [0.4, 0.5) is 0 Å². The van der Waals surface area contributed by atoms with E-state index in [0.29, 0.717) is 6.61 Å². The van der Waals surface area contributed by atoms with Gasteiger partial charge in [-0.3, -0.25) is 4.79 Å². The zero-order valence-electron chi connectivity index (χ0n) is 15.9. The van der Waals surface area contributed by atoms with Crippen LogP contribution in [0, 0.1) is 0 Å². The largest absolute Gasteiger partial charge is 0.456 e. The maximum absolute atomic E-state index is 10.2. The van der Waals surface area contributed by atoms with Gasteiger partial charge in [-0.1, -0.05) is 48.5 Å². The van der Waals surface area contributed by atoms with Crippen LogP contribution in [0.25, 0.3) is 11.1 Å². The van der Waals surface area contributed by atoms with Crippen molar-refractivity contribution in [3.05, 3.63) is 59.7 Å². The van der Waals surface area contributed by atoms with Gasteiger partial charge in [-0.25, -0.2) is 9.59 Å². The monoisotopic (exact) mass is 367 g/mol. The average Bonchev–Trinajstić information content (AvgIpc) is 2.94. The van der Waals surface area contributed by atoms with E-state index in [1.165, 1.54) is 48.4 Å². The van der Waals surface area contributed by atoms with Crippen molar-refractivity contribution in [2.45, 2.75) is 39.2 Å². The molecule has 27 heavy (non-hydrogen) atoms. The van der Waals surface area contributed by atoms with Gasteiger partial charge in [0.1, 0.15) is 12.2 Å². The summed E-state index contributed by atoms with van der Waals surface area (Å²) in [6.45, 7) is 9.91. The molecule has 3 rings (SSSR count). The van der Waals surface area contributed by atoms with E-state index in [1.807, 2.05) is 24.3 Å². The van der Waals surface area contributed by atoms with Crippen molar-refractivity contribution in [3.8, 4) is 11.1 Å². The number of carbonyl (C=O) groups excluding carboxylic acids is 3. The minimum absolute atomic E-state index is 0.142. The van der Waals surface area contributed by atoms with Crippen LogP contribution in [0.15, 0.2) is 48.5 Å². The van der Waals surface area contributed by atoms with Gasteiger partial charge < -0.3 is 9.47 Å².